The number of nitriles is 1. The van der Waals surface area contributed by atoms with Crippen molar-refractivity contribution < 1.29 is 20.1 Å². The Balaban J connectivity index is 1.50. The Kier molecular flexibility index (Phi) is 7.95. The quantitative estimate of drug-likeness (QED) is 0.455. The zero-order valence-corrected chi connectivity index (χ0v) is 18.7. The molecule has 0 aliphatic heterocycles. The molecule has 0 aromatic carbocycles. The summed E-state index contributed by atoms with van der Waals surface area (Å²) in [4.78, 5) is 12.5. The van der Waals surface area contributed by atoms with E-state index in [0.717, 1.165) is 62.7 Å². The van der Waals surface area contributed by atoms with Crippen LogP contribution < -0.4 is 0 Å². The Bertz CT molecular complexity index is 745. The van der Waals surface area contributed by atoms with Crippen molar-refractivity contribution in [3.63, 3.8) is 0 Å². The molecule has 166 valence electrons. The number of carbonyl (C=O) groups is 1. The van der Waals surface area contributed by atoms with E-state index in [1.54, 1.807) is 6.07 Å². The fourth-order valence-electron chi connectivity index (χ4n) is 5.71. The van der Waals surface area contributed by atoms with Gasteiger partial charge in [-0.1, -0.05) is 19.8 Å². The summed E-state index contributed by atoms with van der Waals surface area (Å²) in [7, 11) is 0. The van der Waals surface area contributed by atoms with E-state index < -0.39 is 12.1 Å². The molecule has 1 aromatic rings. The smallest absolute Gasteiger partial charge is 0.345 e. The lowest BCUT2D eigenvalue weighted by Gasteiger charge is -2.45. The van der Waals surface area contributed by atoms with Crippen LogP contribution in [-0.4, -0.2) is 33.5 Å². The van der Waals surface area contributed by atoms with E-state index in [-0.39, 0.29) is 29.3 Å². The van der Waals surface area contributed by atoms with Gasteiger partial charge in [-0.2, -0.15) is 5.26 Å². The molecule has 5 nitrogen and oxygen atoms in total. The first-order chi connectivity index (χ1) is 14.4. The molecule has 3 rings (SSSR count). The minimum absolute atomic E-state index is 0.110. The molecule has 0 radical (unpaired) electrons. The fraction of sp³-hybridized carbons (Fsp3) is 0.750. The van der Waals surface area contributed by atoms with Crippen LogP contribution in [0.2, 0.25) is 0 Å². The van der Waals surface area contributed by atoms with Crippen LogP contribution in [0.3, 0.4) is 0 Å². The largest absolute Gasteiger partial charge is 0.477 e. The van der Waals surface area contributed by atoms with Gasteiger partial charge in [0.15, 0.2) is 0 Å². The minimum atomic E-state index is -0.885. The molecule has 0 saturated heterocycles. The van der Waals surface area contributed by atoms with Gasteiger partial charge in [-0.05, 0) is 87.2 Å². The van der Waals surface area contributed by atoms with Crippen molar-refractivity contribution >= 4 is 17.3 Å². The van der Waals surface area contributed by atoms with Crippen LogP contribution in [0.15, 0.2) is 12.1 Å². The summed E-state index contributed by atoms with van der Waals surface area (Å²) < 4.78 is 0. The van der Waals surface area contributed by atoms with Crippen molar-refractivity contribution in [1.82, 2.24) is 0 Å². The van der Waals surface area contributed by atoms with E-state index in [4.69, 9.17) is 5.11 Å². The number of carboxylic acids is 1. The molecule has 2 aliphatic rings. The molecule has 3 N–H and O–H groups in total. The van der Waals surface area contributed by atoms with Crippen LogP contribution in [-0.2, 0) is 6.42 Å². The summed E-state index contributed by atoms with van der Waals surface area (Å²) in [6, 6.07) is 5.94. The van der Waals surface area contributed by atoms with Gasteiger partial charge in [-0.25, -0.2) is 4.79 Å². The zero-order chi connectivity index (χ0) is 21.7. The molecule has 2 aliphatic carbocycles. The number of aliphatic hydroxyl groups is 2. The van der Waals surface area contributed by atoms with Crippen molar-refractivity contribution in [2.75, 3.05) is 0 Å². The SMILES string of the molecule is CCC1(C(O)CCC[C@@H]2C(CCCc3ccc(C(=O)O)s3)[C@H](C#N)C[C@H]2O)CCC1. The first kappa shape index (κ1) is 23.2. The van der Waals surface area contributed by atoms with Gasteiger partial charge in [0.05, 0.1) is 24.2 Å². The maximum Gasteiger partial charge on any atom is 0.345 e. The maximum atomic E-state index is 11.0. The summed E-state index contributed by atoms with van der Waals surface area (Å²) in [6.45, 7) is 2.17. The fourth-order valence-corrected chi connectivity index (χ4v) is 6.60. The summed E-state index contributed by atoms with van der Waals surface area (Å²) >= 11 is 1.32. The minimum Gasteiger partial charge on any atom is -0.477 e. The van der Waals surface area contributed by atoms with Crippen molar-refractivity contribution in [3.8, 4) is 6.07 Å². The molecular weight excluding hydrogens is 398 g/mol. The first-order valence-corrected chi connectivity index (χ1v) is 12.3. The van der Waals surface area contributed by atoms with E-state index in [2.05, 4.69) is 13.0 Å². The first-order valence-electron chi connectivity index (χ1n) is 11.5. The molecular formula is C24H35NO4S. The average Bonchev–Trinajstić information content (AvgIpc) is 3.27. The van der Waals surface area contributed by atoms with Crippen molar-refractivity contribution in [3.05, 3.63) is 21.9 Å². The molecule has 2 unspecified atom stereocenters. The molecule has 5 atom stereocenters. The molecule has 1 heterocycles. The number of hydrogen-bond acceptors (Lipinski definition) is 5. The maximum absolute atomic E-state index is 11.0. The van der Waals surface area contributed by atoms with Gasteiger partial charge in [0.25, 0.3) is 0 Å². The number of aliphatic hydroxyl groups excluding tert-OH is 2. The lowest BCUT2D eigenvalue weighted by atomic mass is 9.62. The van der Waals surface area contributed by atoms with Gasteiger partial charge >= 0.3 is 5.97 Å². The van der Waals surface area contributed by atoms with Crippen LogP contribution >= 0.6 is 11.3 Å². The Labute approximate surface area is 183 Å². The monoisotopic (exact) mass is 433 g/mol. The van der Waals surface area contributed by atoms with Crippen LogP contribution in [0.5, 0.6) is 0 Å². The van der Waals surface area contributed by atoms with Crippen molar-refractivity contribution in [2.24, 2.45) is 23.2 Å². The van der Waals surface area contributed by atoms with E-state index in [0.29, 0.717) is 11.3 Å². The van der Waals surface area contributed by atoms with E-state index in [1.165, 1.54) is 17.8 Å². The molecule has 0 spiro atoms. The van der Waals surface area contributed by atoms with Crippen LogP contribution in [0.1, 0.15) is 85.7 Å². The highest BCUT2D eigenvalue weighted by molar-refractivity contribution is 7.13. The highest BCUT2D eigenvalue weighted by Crippen LogP contribution is 2.48. The normalized spacial score (nSPS) is 28.6. The van der Waals surface area contributed by atoms with Gasteiger partial charge < -0.3 is 15.3 Å². The molecule has 6 heteroatoms. The Morgan fingerprint density at radius 3 is 2.60 bits per heavy atom. The van der Waals surface area contributed by atoms with Crippen molar-refractivity contribution in [1.29, 1.82) is 5.26 Å². The summed E-state index contributed by atoms with van der Waals surface area (Å²) in [5.74, 6) is -0.686. The lowest BCUT2D eigenvalue weighted by Crippen LogP contribution is -2.40. The number of carboxylic acid groups (broad SMARTS) is 1. The Morgan fingerprint density at radius 2 is 2.03 bits per heavy atom. The third kappa shape index (κ3) is 5.07. The molecule has 2 fully saturated rings. The van der Waals surface area contributed by atoms with Crippen LogP contribution in [0, 0.1) is 34.5 Å². The average molecular weight is 434 g/mol. The van der Waals surface area contributed by atoms with Gasteiger partial charge in [-0.3, -0.25) is 0 Å². The third-order valence-electron chi connectivity index (χ3n) is 7.83. The number of nitrogens with zero attached hydrogens (tertiary/aromatic N) is 1. The second-order valence-corrected chi connectivity index (χ2v) is 10.5. The van der Waals surface area contributed by atoms with Crippen molar-refractivity contribution in [2.45, 2.75) is 89.8 Å². The van der Waals surface area contributed by atoms with Gasteiger partial charge in [0.2, 0.25) is 0 Å². The third-order valence-corrected chi connectivity index (χ3v) is 8.96. The number of aryl methyl sites for hydroxylation is 1. The zero-order valence-electron chi connectivity index (χ0n) is 17.9. The predicted octanol–water partition coefficient (Wildman–Crippen LogP) is 5.02. The second-order valence-electron chi connectivity index (χ2n) is 9.35. The lowest BCUT2D eigenvalue weighted by molar-refractivity contribution is -0.0444. The van der Waals surface area contributed by atoms with Gasteiger partial charge in [0.1, 0.15) is 4.88 Å². The van der Waals surface area contributed by atoms with Gasteiger partial charge in [-0.15, -0.1) is 11.3 Å². The van der Waals surface area contributed by atoms with E-state index in [1.807, 2.05) is 6.07 Å². The van der Waals surface area contributed by atoms with E-state index >= 15 is 0 Å². The second kappa shape index (κ2) is 10.3. The van der Waals surface area contributed by atoms with E-state index in [9.17, 15) is 20.3 Å². The molecule has 0 bridgehead atoms. The van der Waals surface area contributed by atoms with Gasteiger partial charge in [0, 0.05) is 4.88 Å². The number of rotatable bonds is 11. The standard InChI is InChI=1S/C24H35NO4S/c1-2-24(12-5-13-24)22(27)9-4-8-19-18(16(15-25)14-20(19)26)7-3-6-17-10-11-21(30-17)23(28)29/h10-11,16,18-20,22,26-27H,2-9,12-14H2,1H3,(H,28,29)/t16-,18?,19+,20+,22?/m0/s1. The molecule has 30 heavy (non-hydrogen) atoms. The molecule has 1 aromatic heterocycles. The highest BCUT2D eigenvalue weighted by Gasteiger charge is 2.43. The van der Waals surface area contributed by atoms with Crippen LogP contribution in [0.4, 0.5) is 0 Å². The Morgan fingerprint density at radius 1 is 1.30 bits per heavy atom. The van der Waals surface area contributed by atoms with Crippen LogP contribution in [0.25, 0.3) is 0 Å². The number of aromatic carboxylic acids is 1. The Hall–Kier alpha value is -1.42. The molecule has 2 saturated carbocycles. The predicted molar refractivity (Wildman–Crippen MR) is 117 cm³/mol. The molecule has 0 amide bonds. The summed E-state index contributed by atoms with van der Waals surface area (Å²) in [5.41, 5.74) is 0.123. The number of hydrogen-bond donors (Lipinski definition) is 3. The highest BCUT2D eigenvalue weighted by atomic mass is 32.1. The number of thiophene rings is 1. The summed E-state index contributed by atoms with van der Waals surface area (Å²) in [5, 5.41) is 39.9. The topological polar surface area (TPSA) is 102 Å². The summed E-state index contributed by atoms with van der Waals surface area (Å²) in [6.07, 6.45) is 9.51.